The third-order valence-corrected chi connectivity index (χ3v) is 29.6. The molecule has 16 heteroatoms. The molecule has 4 aromatic carbocycles. The second-order valence-electron chi connectivity index (χ2n) is 13.0. The maximum absolute atomic E-state index is 4.74. The van der Waals surface area contributed by atoms with Gasteiger partial charge >= 0.3 is 0 Å². The molecule has 316 valence electrons. The molecule has 5 aliphatic rings. The van der Waals surface area contributed by atoms with Crippen LogP contribution in [0.25, 0.3) is 22.3 Å². The summed E-state index contributed by atoms with van der Waals surface area (Å²) in [6, 6.07) is 44.2. The quantitative estimate of drug-likeness (QED) is 0.145. The molecule has 0 spiro atoms. The van der Waals surface area contributed by atoms with Gasteiger partial charge in [0, 0.05) is 53.8 Å². The number of allylic oxidation sites excluding steroid dienone is 4. The molecule has 0 atom stereocenters. The van der Waals surface area contributed by atoms with Gasteiger partial charge in [0.2, 0.25) is 0 Å². The molecule has 0 N–H and O–H groups in total. The lowest BCUT2D eigenvalue weighted by Gasteiger charge is -2.19. The molecule has 0 radical (unpaired) electrons. The Kier molecular flexibility index (Phi) is 17.7. The van der Waals surface area contributed by atoms with Crippen molar-refractivity contribution in [1.29, 1.82) is 0 Å². The molecule has 0 aliphatic carbocycles. The maximum atomic E-state index is 4.74. The number of rotatable bonds is 10. The van der Waals surface area contributed by atoms with E-state index in [1.54, 1.807) is 0 Å². The van der Waals surface area contributed by atoms with E-state index >= 15 is 0 Å². The van der Waals surface area contributed by atoms with Crippen LogP contribution in [0.1, 0.15) is 22.3 Å². The summed E-state index contributed by atoms with van der Waals surface area (Å²) in [6.07, 6.45) is 4.41. The van der Waals surface area contributed by atoms with Gasteiger partial charge in [-0.2, -0.15) is 25.3 Å². The molecule has 0 amide bonds. The summed E-state index contributed by atoms with van der Waals surface area (Å²) in [5.41, 5.74) is 10.3. The number of thiol groups is 2. The zero-order chi connectivity index (χ0) is 42.4. The molecule has 0 aromatic heterocycles. The van der Waals surface area contributed by atoms with Crippen molar-refractivity contribution in [3.63, 3.8) is 0 Å². The van der Waals surface area contributed by atoms with E-state index in [1.165, 1.54) is 96.7 Å². The lowest BCUT2D eigenvalue weighted by atomic mass is 9.95. The Hall–Kier alpha value is 0.400. The summed E-state index contributed by atoms with van der Waals surface area (Å²) in [6.45, 7) is 0. The number of thioether (sulfide) groups is 14. The zero-order valence-corrected chi connectivity index (χ0v) is 46.2. The average molecular weight is 1100 g/mol. The molecule has 4 aromatic rings. The van der Waals surface area contributed by atoms with Crippen LogP contribution in [0, 0.1) is 0 Å². The van der Waals surface area contributed by atoms with Gasteiger partial charge in [0.15, 0.2) is 0 Å². The van der Waals surface area contributed by atoms with E-state index in [4.69, 9.17) is 25.3 Å². The van der Waals surface area contributed by atoms with Crippen molar-refractivity contribution in [3.05, 3.63) is 196 Å². The highest BCUT2D eigenvalue weighted by molar-refractivity contribution is 8.46. The third-order valence-electron chi connectivity index (χ3n) is 9.34. The van der Waals surface area contributed by atoms with Crippen LogP contribution in [0.4, 0.5) is 0 Å². The summed E-state index contributed by atoms with van der Waals surface area (Å²) in [7, 11) is 0. The Morgan fingerprint density at radius 1 is 0.387 bits per heavy atom. The van der Waals surface area contributed by atoms with Gasteiger partial charge in [-0.25, -0.2) is 0 Å². The van der Waals surface area contributed by atoms with Crippen molar-refractivity contribution in [2.75, 3.05) is 34.2 Å². The Balaban J connectivity index is 1.04. The molecule has 5 heterocycles. The second-order valence-corrected chi connectivity index (χ2v) is 30.9. The summed E-state index contributed by atoms with van der Waals surface area (Å²) in [5.74, 6) is 1.44. The minimum Gasteiger partial charge on any atom is -0.174 e. The van der Waals surface area contributed by atoms with Crippen molar-refractivity contribution < 1.29 is 0 Å². The molecule has 0 unspecified atom stereocenters. The highest BCUT2D eigenvalue weighted by Gasteiger charge is 2.35. The molecule has 62 heavy (non-hydrogen) atoms. The summed E-state index contributed by atoms with van der Waals surface area (Å²) in [5, 5.41) is 1.91. The molecule has 9 rings (SSSR count). The first kappa shape index (κ1) is 47.5. The first-order chi connectivity index (χ1) is 30.6. The van der Waals surface area contributed by atoms with E-state index in [2.05, 4.69) is 134 Å². The highest BCUT2D eigenvalue weighted by atomic mass is 32.3. The van der Waals surface area contributed by atoms with Crippen molar-refractivity contribution in [2.24, 2.45) is 0 Å². The van der Waals surface area contributed by atoms with E-state index in [9.17, 15) is 0 Å². The summed E-state index contributed by atoms with van der Waals surface area (Å²) >= 11 is 36.8. The van der Waals surface area contributed by atoms with Gasteiger partial charge in [-0.15, -0.1) is 70.6 Å². The molecule has 0 nitrogen and oxygen atoms in total. The predicted octanol–water partition coefficient (Wildman–Crippen LogP) is 19.4. The van der Waals surface area contributed by atoms with E-state index in [0.717, 1.165) is 21.7 Å². The first-order valence-corrected chi connectivity index (χ1v) is 33.1. The molecule has 0 fully saturated rings. The van der Waals surface area contributed by atoms with Crippen LogP contribution in [-0.4, -0.2) is 34.2 Å². The number of hydrogen-bond acceptors (Lipinski definition) is 16. The van der Waals surface area contributed by atoms with Crippen LogP contribution in [0.3, 0.4) is 0 Å². The van der Waals surface area contributed by atoms with Gasteiger partial charge in [0.25, 0.3) is 0 Å². The van der Waals surface area contributed by atoms with E-state index in [0.29, 0.717) is 0 Å². The Morgan fingerprint density at radius 3 is 0.903 bits per heavy atom. The van der Waals surface area contributed by atoms with Gasteiger partial charge in [-0.05, 0) is 34.8 Å². The van der Waals surface area contributed by atoms with Crippen molar-refractivity contribution in [3.8, 4) is 0 Å². The van der Waals surface area contributed by atoms with Crippen LogP contribution < -0.4 is 0 Å². The highest BCUT2D eigenvalue weighted by Crippen LogP contribution is 2.68. The average Bonchev–Trinajstić information content (AvgIpc) is 4.13. The monoisotopic (exact) mass is 1100 g/mol. The van der Waals surface area contributed by atoms with Gasteiger partial charge in [0.1, 0.15) is 0 Å². The van der Waals surface area contributed by atoms with Crippen molar-refractivity contribution >= 4 is 212 Å². The van der Waals surface area contributed by atoms with Crippen LogP contribution in [0.5, 0.6) is 0 Å². The Bertz CT molecular complexity index is 2330. The lowest BCUT2D eigenvalue weighted by molar-refractivity contribution is 1.59. The molecule has 0 bridgehead atoms. The topological polar surface area (TPSA) is 0 Å². The Morgan fingerprint density at radius 2 is 0.645 bits per heavy atom. The minimum absolute atomic E-state index is 0.720. The van der Waals surface area contributed by atoms with E-state index in [-0.39, 0.29) is 0 Å². The summed E-state index contributed by atoms with van der Waals surface area (Å²) < 4.78 is 13.9. The third kappa shape index (κ3) is 10.8. The summed E-state index contributed by atoms with van der Waals surface area (Å²) in [4.78, 5) is 2.61. The predicted molar refractivity (Wildman–Crippen MR) is 317 cm³/mol. The van der Waals surface area contributed by atoms with Gasteiger partial charge < -0.3 is 0 Å². The number of benzene rings is 4. The fourth-order valence-electron chi connectivity index (χ4n) is 6.58. The van der Waals surface area contributed by atoms with E-state index in [1.807, 2.05) is 165 Å². The largest absolute Gasteiger partial charge is 0.174 e. The zero-order valence-electron chi connectivity index (χ0n) is 33.0. The smallest absolute Gasteiger partial charge is 0.0668 e. The molecule has 0 saturated carbocycles. The van der Waals surface area contributed by atoms with Crippen LogP contribution >= 0.6 is 190 Å². The fraction of sp³-hybridized carbons (Fsp3) is 0.130. The fourth-order valence-corrected chi connectivity index (χ4v) is 28.3. The second kappa shape index (κ2) is 23.1. The van der Waals surface area contributed by atoms with Crippen LogP contribution in [0.15, 0.2) is 174 Å². The van der Waals surface area contributed by atoms with Gasteiger partial charge in [0.05, 0.1) is 42.4 Å². The Labute approximate surface area is 436 Å². The van der Waals surface area contributed by atoms with Crippen LogP contribution in [0.2, 0.25) is 0 Å². The SMILES string of the molecule is CSC1=C(SC)SC(=C(C(=C2SC3=C(SCSC4=C(SCS3)SC(=C(C(=C3SC(CS)=C(CS)S3)c3ccccc3)c3ccccc3)S4)S2)c2ccccc2)c2ccccc2)S1. The van der Waals surface area contributed by atoms with Gasteiger partial charge in [-0.3, -0.25) is 0 Å². The molecule has 0 saturated heterocycles. The standard InChI is InChI=1S/C46H36S16/c1-49-41-42(50-2)58-38(57-41)35(29-19-11-5-12-20-29)36(30-21-13-6-14-22-30)40-61-45-46(62-40)54-26-52-44-43(51-25-53-45)59-39(60-44)34(28-17-9-4-10-18-28)33(27-15-7-3-8-16-27)37-55-31(23-47)32(24-48)56-37/h3-22,47-48H,23-26H2,1-2H3. The van der Waals surface area contributed by atoms with Gasteiger partial charge in [-0.1, -0.05) is 215 Å². The maximum Gasteiger partial charge on any atom is 0.0668 e. The molecular formula is C46H36S16. The van der Waals surface area contributed by atoms with E-state index < -0.39 is 0 Å². The lowest BCUT2D eigenvalue weighted by Crippen LogP contribution is -1.95. The van der Waals surface area contributed by atoms with Crippen LogP contribution in [-0.2, 0) is 0 Å². The molecular weight excluding hydrogens is 1070 g/mol. The molecule has 5 aliphatic heterocycles. The van der Waals surface area contributed by atoms with Crippen molar-refractivity contribution in [2.45, 2.75) is 0 Å². The first-order valence-electron chi connectivity index (χ1n) is 18.9. The normalized spacial score (nSPS) is 18.3. The van der Waals surface area contributed by atoms with Crippen molar-refractivity contribution in [1.82, 2.24) is 0 Å². The number of hydrogen-bond donors (Lipinski definition) is 2. The minimum atomic E-state index is 0.720.